The number of hydrogen-bond donors (Lipinski definition) is 1. The molecular weight excluding hydrogens is 316 g/mol. The number of hydrogen-bond acceptors (Lipinski definition) is 2. The Morgan fingerprint density at radius 2 is 1.27 bits per heavy atom. The highest BCUT2D eigenvalue weighted by Gasteiger charge is 2.14. The molecule has 0 spiro atoms. The van der Waals surface area contributed by atoms with Gasteiger partial charge in [-0.3, -0.25) is 0 Å². The van der Waals surface area contributed by atoms with Crippen LogP contribution >= 0.6 is 0 Å². The zero-order valence-corrected chi connectivity index (χ0v) is 14.7. The second-order valence-electron chi connectivity index (χ2n) is 5.91. The fourth-order valence-corrected chi connectivity index (χ4v) is 2.80. The normalized spacial score (nSPS) is 12.4. The van der Waals surface area contributed by atoms with Crippen LogP contribution in [0.3, 0.4) is 0 Å². The summed E-state index contributed by atoms with van der Waals surface area (Å²) in [5.41, 5.74) is 12.1. The second-order valence-corrected chi connectivity index (χ2v) is 5.91. The number of nitrogens with two attached hydrogens (primary N) is 1. The van der Waals surface area contributed by atoms with Gasteiger partial charge in [0.05, 0.1) is 11.4 Å². The van der Waals surface area contributed by atoms with Gasteiger partial charge in [-0.2, -0.15) is 0 Å². The van der Waals surface area contributed by atoms with Gasteiger partial charge in [0.15, 0.2) is 0 Å². The molecule has 128 valence electrons. The maximum Gasteiger partial charge on any atom is 0.0765 e. The van der Waals surface area contributed by atoms with Crippen molar-refractivity contribution in [1.29, 1.82) is 0 Å². The van der Waals surface area contributed by atoms with Crippen molar-refractivity contribution in [3.63, 3.8) is 0 Å². The Hall–Kier alpha value is -3.39. The van der Waals surface area contributed by atoms with Gasteiger partial charge in [0.2, 0.25) is 0 Å². The van der Waals surface area contributed by atoms with Crippen LogP contribution < -0.4 is 5.73 Å². The molecule has 0 amide bonds. The summed E-state index contributed by atoms with van der Waals surface area (Å²) < 4.78 is 0. The minimum absolute atomic E-state index is 0.640. The molecule has 0 fully saturated rings. The third-order valence-corrected chi connectivity index (χ3v) is 4.09. The van der Waals surface area contributed by atoms with Gasteiger partial charge in [0.1, 0.15) is 0 Å². The van der Waals surface area contributed by atoms with E-state index in [4.69, 9.17) is 10.7 Å². The van der Waals surface area contributed by atoms with Gasteiger partial charge in [0, 0.05) is 16.8 Å². The molecule has 0 aromatic heterocycles. The maximum atomic E-state index is 6.57. The van der Waals surface area contributed by atoms with Crippen molar-refractivity contribution in [2.45, 2.75) is 6.42 Å². The Labute approximate surface area is 155 Å². The monoisotopic (exact) mass is 338 g/mol. The number of allylic oxidation sites excluding steroid dienone is 2. The van der Waals surface area contributed by atoms with E-state index in [0.29, 0.717) is 6.42 Å². The van der Waals surface area contributed by atoms with Crippen LogP contribution in [0, 0.1) is 0 Å². The molecule has 0 aliphatic heterocycles. The molecule has 0 saturated heterocycles. The topological polar surface area (TPSA) is 38.4 Å². The third-order valence-electron chi connectivity index (χ3n) is 4.09. The van der Waals surface area contributed by atoms with Crippen LogP contribution in [-0.2, 0) is 0 Å². The highest BCUT2D eigenvalue weighted by molar-refractivity contribution is 6.17. The first-order valence-electron chi connectivity index (χ1n) is 8.64. The molecule has 0 aliphatic rings. The molecule has 0 bridgehead atoms. The van der Waals surface area contributed by atoms with Crippen LogP contribution in [0.5, 0.6) is 0 Å². The molecule has 2 heteroatoms. The summed E-state index contributed by atoms with van der Waals surface area (Å²) >= 11 is 0. The molecule has 3 rings (SSSR count). The number of nitrogens with zero attached hydrogens (tertiary/aromatic N) is 1. The highest BCUT2D eigenvalue weighted by Crippen LogP contribution is 2.24. The third kappa shape index (κ3) is 4.17. The summed E-state index contributed by atoms with van der Waals surface area (Å²) in [6.45, 7) is 3.91. The van der Waals surface area contributed by atoms with Crippen LogP contribution in [0.4, 0.5) is 5.69 Å². The lowest BCUT2D eigenvalue weighted by Gasteiger charge is -2.15. The number of para-hydroxylation sites is 1. The Kier molecular flexibility index (Phi) is 5.79. The summed E-state index contributed by atoms with van der Waals surface area (Å²) in [4.78, 5) is 4.93. The van der Waals surface area contributed by atoms with Crippen molar-refractivity contribution >= 4 is 17.1 Å². The Morgan fingerprint density at radius 1 is 0.769 bits per heavy atom. The Morgan fingerprint density at radius 3 is 1.81 bits per heavy atom. The van der Waals surface area contributed by atoms with Gasteiger partial charge in [-0.25, -0.2) is 4.99 Å². The van der Waals surface area contributed by atoms with E-state index in [2.05, 4.69) is 18.7 Å². The summed E-state index contributed by atoms with van der Waals surface area (Å²) in [5.74, 6) is 0. The molecule has 0 aliphatic carbocycles. The summed E-state index contributed by atoms with van der Waals surface area (Å²) in [6, 6.07) is 30.1. The smallest absolute Gasteiger partial charge is 0.0765 e. The summed E-state index contributed by atoms with van der Waals surface area (Å²) in [7, 11) is 0. The van der Waals surface area contributed by atoms with E-state index in [0.717, 1.165) is 33.8 Å². The largest absolute Gasteiger partial charge is 0.398 e. The van der Waals surface area contributed by atoms with Gasteiger partial charge in [0.25, 0.3) is 0 Å². The molecule has 0 heterocycles. The van der Waals surface area contributed by atoms with E-state index in [1.54, 1.807) is 0 Å². The molecule has 26 heavy (non-hydrogen) atoms. The molecular formula is C24H22N2. The standard InChI is InChI=1S/C24H22N2/c1-2-12-22(23(25)19-13-6-3-7-14-19)24(20-15-8-4-9-16-20)26-21-17-10-5-11-18-21/h2-11,13-18H,1,12,25H2/b23-22-,26-24?. The average Bonchev–Trinajstić information content (AvgIpc) is 2.72. The Balaban J connectivity index is 2.21. The summed E-state index contributed by atoms with van der Waals surface area (Å²) in [5, 5.41) is 0. The van der Waals surface area contributed by atoms with Gasteiger partial charge >= 0.3 is 0 Å². The summed E-state index contributed by atoms with van der Waals surface area (Å²) in [6.07, 6.45) is 2.51. The van der Waals surface area contributed by atoms with E-state index in [1.807, 2.05) is 84.9 Å². The molecule has 0 atom stereocenters. The van der Waals surface area contributed by atoms with Crippen LogP contribution in [0.15, 0.2) is 114 Å². The predicted octanol–water partition coefficient (Wildman–Crippen LogP) is 5.75. The number of rotatable bonds is 6. The van der Waals surface area contributed by atoms with E-state index < -0.39 is 0 Å². The molecule has 3 aromatic rings. The van der Waals surface area contributed by atoms with E-state index in [9.17, 15) is 0 Å². The zero-order chi connectivity index (χ0) is 18.2. The molecule has 0 unspecified atom stereocenters. The Bertz CT molecular complexity index is 908. The lowest BCUT2D eigenvalue weighted by atomic mass is 9.95. The van der Waals surface area contributed by atoms with Crippen LogP contribution in [0.2, 0.25) is 0 Å². The van der Waals surface area contributed by atoms with Gasteiger partial charge in [-0.05, 0) is 24.1 Å². The molecule has 0 radical (unpaired) electrons. The molecule has 2 nitrogen and oxygen atoms in total. The lowest BCUT2D eigenvalue weighted by Crippen LogP contribution is -2.12. The van der Waals surface area contributed by atoms with E-state index in [-0.39, 0.29) is 0 Å². The van der Waals surface area contributed by atoms with Crippen molar-refractivity contribution in [3.8, 4) is 0 Å². The van der Waals surface area contributed by atoms with E-state index in [1.165, 1.54) is 0 Å². The van der Waals surface area contributed by atoms with E-state index >= 15 is 0 Å². The van der Waals surface area contributed by atoms with Gasteiger partial charge < -0.3 is 5.73 Å². The van der Waals surface area contributed by atoms with Gasteiger partial charge in [-0.15, -0.1) is 6.58 Å². The van der Waals surface area contributed by atoms with Gasteiger partial charge in [-0.1, -0.05) is 84.9 Å². The van der Waals surface area contributed by atoms with Crippen molar-refractivity contribution < 1.29 is 0 Å². The first-order chi connectivity index (χ1) is 12.8. The SMILES string of the molecule is C=CC/C(C(=Nc1ccccc1)c1ccccc1)=C(/N)c1ccccc1. The van der Waals surface area contributed by atoms with Crippen LogP contribution in [0.1, 0.15) is 17.5 Å². The minimum atomic E-state index is 0.640. The van der Waals surface area contributed by atoms with Crippen molar-refractivity contribution in [1.82, 2.24) is 0 Å². The first-order valence-corrected chi connectivity index (χ1v) is 8.64. The molecule has 2 N–H and O–H groups in total. The minimum Gasteiger partial charge on any atom is -0.398 e. The van der Waals surface area contributed by atoms with Crippen molar-refractivity contribution in [2.24, 2.45) is 10.7 Å². The maximum absolute atomic E-state index is 6.57. The predicted molar refractivity (Wildman–Crippen MR) is 111 cm³/mol. The fourth-order valence-electron chi connectivity index (χ4n) is 2.80. The van der Waals surface area contributed by atoms with Crippen molar-refractivity contribution in [2.75, 3.05) is 0 Å². The lowest BCUT2D eigenvalue weighted by molar-refractivity contribution is 1.28. The average molecular weight is 338 g/mol. The quantitative estimate of drug-likeness (QED) is 0.451. The first kappa shape index (κ1) is 17.4. The molecule has 3 aromatic carbocycles. The number of benzene rings is 3. The van der Waals surface area contributed by atoms with Crippen LogP contribution in [0.25, 0.3) is 5.70 Å². The zero-order valence-electron chi connectivity index (χ0n) is 14.7. The number of aliphatic imine (C=N–C) groups is 1. The highest BCUT2D eigenvalue weighted by atomic mass is 14.8. The second kappa shape index (κ2) is 8.63. The molecule has 0 saturated carbocycles. The van der Waals surface area contributed by atoms with Crippen LogP contribution in [-0.4, -0.2) is 5.71 Å². The van der Waals surface area contributed by atoms with Crippen molar-refractivity contribution in [3.05, 3.63) is 120 Å². The fraction of sp³-hybridized carbons (Fsp3) is 0.0417.